The van der Waals surface area contributed by atoms with E-state index in [-0.39, 0.29) is 5.91 Å². The largest absolute Gasteiger partial charge is 0.322 e. The van der Waals surface area contributed by atoms with Gasteiger partial charge in [0.15, 0.2) is 0 Å². The summed E-state index contributed by atoms with van der Waals surface area (Å²) in [5, 5.41) is 2.92. The highest BCUT2D eigenvalue weighted by Gasteiger charge is 2.10. The number of aryl methyl sites for hydroxylation is 3. The summed E-state index contributed by atoms with van der Waals surface area (Å²) in [6.45, 7) is 6.27. The number of rotatable bonds is 3. The Bertz CT molecular complexity index is 882. The van der Waals surface area contributed by atoms with E-state index in [4.69, 9.17) is 0 Å². The molecule has 0 radical (unpaired) electrons. The van der Waals surface area contributed by atoms with Crippen LogP contribution in [0.1, 0.15) is 27.0 Å². The lowest BCUT2D eigenvalue weighted by atomic mass is 9.94. The lowest BCUT2D eigenvalue weighted by Gasteiger charge is -2.12. The van der Waals surface area contributed by atoms with Crippen molar-refractivity contribution in [3.8, 4) is 11.1 Å². The van der Waals surface area contributed by atoms with Gasteiger partial charge in [-0.15, -0.1) is 0 Å². The highest BCUT2D eigenvalue weighted by Crippen LogP contribution is 2.28. The molecule has 24 heavy (non-hydrogen) atoms. The molecule has 120 valence electrons. The van der Waals surface area contributed by atoms with Gasteiger partial charge in [-0.1, -0.05) is 48.0 Å². The Labute approximate surface area is 143 Å². The van der Waals surface area contributed by atoms with E-state index in [1.54, 1.807) is 0 Å². The second kappa shape index (κ2) is 6.71. The molecule has 0 unspecified atom stereocenters. The third-order valence-electron chi connectivity index (χ3n) is 4.19. The third kappa shape index (κ3) is 3.38. The molecular formula is C22H21NO. The first kappa shape index (κ1) is 16.0. The van der Waals surface area contributed by atoms with Crippen LogP contribution in [0.5, 0.6) is 0 Å². The number of carbonyl (C=O) groups excluding carboxylic acids is 1. The molecule has 0 saturated carbocycles. The van der Waals surface area contributed by atoms with Crippen LogP contribution in [-0.4, -0.2) is 5.91 Å². The van der Waals surface area contributed by atoms with Crippen LogP contribution in [-0.2, 0) is 0 Å². The Kier molecular flexibility index (Phi) is 4.48. The number of amides is 1. The van der Waals surface area contributed by atoms with Gasteiger partial charge < -0.3 is 5.32 Å². The van der Waals surface area contributed by atoms with Gasteiger partial charge in [-0.3, -0.25) is 4.79 Å². The molecule has 0 bridgehead atoms. The van der Waals surface area contributed by atoms with Crippen LogP contribution in [0.3, 0.4) is 0 Å². The second-order valence-corrected chi connectivity index (χ2v) is 6.17. The maximum absolute atomic E-state index is 12.4. The molecule has 0 fully saturated rings. The lowest BCUT2D eigenvalue weighted by molar-refractivity contribution is 0.102. The molecule has 0 aliphatic heterocycles. The summed E-state index contributed by atoms with van der Waals surface area (Å²) in [4.78, 5) is 12.4. The fraction of sp³-hybridized carbons (Fsp3) is 0.136. The molecule has 0 heterocycles. The van der Waals surface area contributed by atoms with Gasteiger partial charge in [-0.2, -0.15) is 0 Å². The van der Waals surface area contributed by atoms with Gasteiger partial charge in [0.05, 0.1) is 0 Å². The predicted octanol–water partition coefficient (Wildman–Crippen LogP) is 5.53. The van der Waals surface area contributed by atoms with Gasteiger partial charge in [-0.05, 0) is 67.3 Å². The number of nitrogens with one attached hydrogen (secondary N) is 1. The minimum absolute atomic E-state index is 0.0866. The topological polar surface area (TPSA) is 29.1 Å². The minimum atomic E-state index is -0.0866. The molecular weight excluding hydrogens is 294 g/mol. The normalized spacial score (nSPS) is 10.5. The summed E-state index contributed by atoms with van der Waals surface area (Å²) in [6, 6.07) is 21.8. The molecule has 2 nitrogen and oxygen atoms in total. The first-order chi connectivity index (χ1) is 11.5. The fourth-order valence-corrected chi connectivity index (χ4v) is 2.95. The number of anilines is 1. The highest BCUT2D eigenvalue weighted by molar-refractivity contribution is 6.04. The Morgan fingerprint density at radius 2 is 1.38 bits per heavy atom. The van der Waals surface area contributed by atoms with E-state index in [2.05, 4.69) is 37.4 Å². The zero-order valence-electron chi connectivity index (χ0n) is 14.3. The maximum Gasteiger partial charge on any atom is 0.255 e. The van der Waals surface area contributed by atoms with Crippen molar-refractivity contribution in [3.05, 3.63) is 89.0 Å². The van der Waals surface area contributed by atoms with Gasteiger partial charge >= 0.3 is 0 Å². The van der Waals surface area contributed by atoms with Crippen LogP contribution in [0.4, 0.5) is 5.69 Å². The quantitative estimate of drug-likeness (QED) is 0.676. The third-order valence-corrected chi connectivity index (χ3v) is 4.19. The van der Waals surface area contributed by atoms with E-state index in [0.717, 1.165) is 11.3 Å². The molecule has 0 aromatic heterocycles. The maximum atomic E-state index is 12.4. The zero-order valence-corrected chi connectivity index (χ0v) is 14.3. The van der Waals surface area contributed by atoms with Crippen molar-refractivity contribution in [2.75, 3.05) is 5.32 Å². The molecule has 3 aromatic rings. The van der Waals surface area contributed by atoms with Crippen molar-refractivity contribution in [2.24, 2.45) is 0 Å². The molecule has 2 heteroatoms. The number of carbonyl (C=O) groups is 1. The summed E-state index contributed by atoms with van der Waals surface area (Å²) < 4.78 is 0. The molecule has 0 saturated heterocycles. The van der Waals surface area contributed by atoms with Gasteiger partial charge in [0.1, 0.15) is 0 Å². The summed E-state index contributed by atoms with van der Waals surface area (Å²) in [5.41, 5.74) is 7.47. The van der Waals surface area contributed by atoms with Crippen molar-refractivity contribution >= 4 is 11.6 Å². The van der Waals surface area contributed by atoms with E-state index in [9.17, 15) is 4.79 Å². The lowest BCUT2D eigenvalue weighted by Crippen LogP contribution is -2.12. The molecule has 0 spiro atoms. The summed E-state index contributed by atoms with van der Waals surface area (Å²) >= 11 is 0. The van der Waals surface area contributed by atoms with E-state index in [1.807, 2.05) is 55.5 Å². The molecule has 3 rings (SSSR count). The molecule has 0 aliphatic rings. The molecule has 1 N–H and O–H groups in total. The molecule has 1 amide bonds. The number of hydrogen-bond acceptors (Lipinski definition) is 1. The first-order valence-electron chi connectivity index (χ1n) is 8.09. The van der Waals surface area contributed by atoms with Gasteiger partial charge in [0.25, 0.3) is 5.91 Å². The Morgan fingerprint density at radius 1 is 0.750 bits per heavy atom. The number of benzene rings is 3. The first-order valence-corrected chi connectivity index (χ1v) is 8.09. The molecule has 3 aromatic carbocycles. The average Bonchev–Trinajstić information content (AvgIpc) is 2.56. The van der Waals surface area contributed by atoms with Crippen molar-refractivity contribution in [1.82, 2.24) is 0 Å². The van der Waals surface area contributed by atoms with Gasteiger partial charge in [0.2, 0.25) is 0 Å². The molecule has 0 aliphatic carbocycles. The standard InChI is InChI=1S/C22H21NO/c1-15-9-11-20(16(2)13-15)21-12-10-18(14-17(21)3)22(24)23-19-7-5-4-6-8-19/h4-14H,1-3H3,(H,23,24). The average molecular weight is 315 g/mol. The van der Waals surface area contributed by atoms with Crippen LogP contribution in [0.15, 0.2) is 66.7 Å². The molecule has 0 atom stereocenters. The number of hydrogen-bond donors (Lipinski definition) is 1. The minimum Gasteiger partial charge on any atom is -0.322 e. The van der Waals surface area contributed by atoms with Crippen molar-refractivity contribution in [2.45, 2.75) is 20.8 Å². The van der Waals surface area contributed by atoms with Crippen LogP contribution < -0.4 is 5.32 Å². The van der Waals surface area contributed by atoms with Crippen molar-refractivity contribution in [3.63, 3.8) is 0 Å². The van der Waals surface area contributed by atoms with E-state index in [0.29, 0.717) is 5.56 Å². The fourth-order valence-electron chi connectivity index (χ4n) is 2.95. The van der Waals surface area contributed by atoms with Crippen LogP contribution in [0.25, 0.3) is 11.1 Å². The Hall–Kier alpha value is -2.87. The van der Waals surface area contributed by atoms with Crippen LogP contribution >= 0.6 is 0 Å². The van der Waals surface area contributed by atoms with Crippen molar-refractivity contribution in [1.29, 1.82) is 0 Å². The van der Waals surface area contributed by atoms with E-state index < -0.39 is 0 Å². The highest BCUT2D eigenvalue weighted by atomic mass is 16.1. The van der Waals surface area contributed by atoms with Gasteiger partial charge in [0, 0.05) is 11.3 Å². The monoisotopic (exact) mass is 315 g/mol. The smallest absolute Gasteiger partial charge is 0.255 e. The zero-order chi connectivity index (χ0) is 17.1. The summed E-state index contributed by atoms with van der Waals surface area (Å²) in [6.07, 6.45) is 0. The summed E-state index contributed by atoms with van der Waals surface area (Å²) in [5.74, 6) is -0.0866. The number of para-hydroxylation sites is 1. The predicted molar refractivity (Wildman–Crippen MR) is 100 cm³/mol. The Morgan fingerprint density at radius 3 is 2.00 bits per heavy atom. The van der Waals surface area contributed by atoms with Crippen molar-refractivity contribution < 1.29 is 4.79 Å². The van der Waals surface area contributed by atoms with Crippen LogP contribution in [0.2, 0.25) is 0 Å². The van der Waals surface area contributed by atoms with E-state index >= 15 is 0 Å². The van der Waals surface area contributed by atoms with Gasteiger partial charge in [-0.25, -0.2) is 0 Å². The van der Waals surface area contributed by atoms with Crippen LogP contribution in [0, 0.1) is 20.8 Å². The Balaban J connectivity index is 1.88. The van der Waals surface area contributed by atoms with E-state index in [1.165, 1.54) is 22.3 Å². The SMILES string of the molecule is Cc1ccc(-c2ccc(C(=O)Nc3ccccc3)cc2C)c(C)c1. The summed E-state index contributed by atoms with van der Waals surface area (Å²) in [7, 11) is 0. The second-order valence-electron chi connectivity index (χ2n) is 6.17.